The first kappa shape index (κ1) is 10.6. The third-order valence-electron chi connectivity index (χ3n) is 1.87. The first-order valence-corrected chi connectivity index (χ1v) is 4.21. The van der Waals surface area contributed by atoms with Crippen molar-refractivity contribution in [1.29, 1.82) is 0 Å². The molecule has 0 fully saturated rings. The Morgan fingerprint density at radius 3 is 2.55 bits per heavy atom. The van der Waals surface area contributed by atoms with Gasteiger partial charge in [-0.2, -0.15) is 0 Å². The van der Waals surface area contributed by atoms with Crippen molar-refractivity contribution in [2.75, 3.05) is 6.51 Å². The van der Waals surface area contributed by atoms with Crippen LogP contribution in [0.2, 0.25) is 0 Å². The van der Waals surface area contributed by atoms with Gasteiger partial charge < -0.3 is 4.74 Å². The number of carbonyl (C=O) groups excluding carboxylic acids is 1. The van der Waals surface area contributed by atoms with Crippen LogP contribution >= 0.6 is 0 Å². The second-order valence-electron chi connectivity index (χ2n) is 3.37. The van der Waals surface area contributed by atoms with Crippen molar-refractivity contribution in [2.24, 2.45) is 5.41 Å². The largest absolute Gasteiger partial charge is 0.475 e. The van der Waals surface area contributed by atoms with Crippen LogP contribution in [0, 0.1) is 5.41 Å². The summed E-state index contributed by atoms with van der Waals surface area (Å²) in [6, 6.07) is 0. The van der Waals surface area contributed by atoms with Gasteiger partial charge >= 0.3 is 5.97 Å². The van der Waals surface area contributed by atoms with E-state index in [1.165, 1.54) is 0 Å². The maximum atomic E-state index is 11.2. The molecule has 11 heavy (non-hydrogen) atoms. The van der Waals surface area contributed by atoms with Crippen LogP contribution < -0.4 is 0 Å². The summed E-state index contributed by atoms with van der Waals surface area (Å²) in [7, 11) is 2.89. The van der Waals surface area contributed by atoms with E-state index < -0.39 is 0 Å². The first-order valence-electron chi connectivity index (χ1n) is 4.21. The fourth-order valence-corrected chi connectivity index (χ4v) is 0.534. The van der Waals surface area contributed by atoms with Gasteiger partial charge in [-0.3, -0.25) is 4.79 Å². The number of hydrogen-bond donors (Lipinski definition) is 0. The summed E-state index contributed by atoms with van der Waals surface area (Å²) in [5.74, 6) is -0.0816. The van der Waals surface area contributed by atoms with Gasteiger partial charge in [0.25, 0.3) is 0 Å². The molecule has 2 nitrogen and oxygen atoms in total. The molecule has 0 amide bonds. The van der Waals surface area contributed by atoms with Crippen LogP contribution in [0.15, 0.2) is 0 Å². The van der Waals surface area contributed by atoms with E-state index in [4.69, 9.17) is 4.74 Å². The van der Waals surface area contributed by atoms with Crippen molar-refractivity contribution in [2.45, 2.75) is 27.2 Å². The van der Waals surface area contributed by atoms with E-state index in [0.717, 1.165) is 13.6 Å². The van der Waals surface area contributed by atoms with Gasteiger partial charge in [0.05, 0.1) is 19.7 Å². The fraction of sp³-hybridized carbons (Fsp3) is 0.857. The summed E-state index contributed by atoms with van der Waals surface area (Å²) in [5, 5.41) is 0. The van der Waals surface area contributed by atoms with E-state index >= 15 is 0 Å². The van der Waals surface area contributed by atoms with E-state index in [1.807, 2.05) is 28.5 Å². The highest BCUT2D eigenvalue weighted by Crippen LogP contribution is 2.20. The fourth-order valence-electron chi connectivity index (χ4n) is 0.534. The smallest absolute Gasteiger partial charge is 0.310 e. The van der Waals surface area contributed by atoms with Crippen molar-refractivity contribution < 1.29 is 9.53 Å². The number of rotatable bonds is 4. The van der Waals surface area contributed by atoms with E-state index in [-0.39, 0.29) is 11.4 Å². The SMILES string of the molecule is BBCOC(=O)C(C)(C)CC. The molecule has 0 rings (SSSR count). The van der Waals surface area contributed by atoms with Crippen LogP contribution in [0.5, 0.6) is 0 Å². The molecule has 0 aromatic carbocycles. The van der Waals surface area contributed by atoms with Gasteiger partial charge in [0, 0.05) is 0 Å². The summed E-state index contributed by atoms with van der Waals surface area (Å²) in [6.45, 7) is 6.35. The van der Waals surface area contributed by atoms with Crippen molar-refractivity contribution >= 4 is 20.9 Å². The molecule has 0 radical (unpaired) electrons. The average molecular weight is 154 g/mol. The van der Waals surface area contributed by atoms with Crippen LogP contribution in [0.4, 0.5) is 0 Å². The van der Waals surface area contributed by atoms with Crippen LogP contribution in [0.25, 0.3) is 0 Å². The molecule has 0 aliphatic heterocycles. The van der Waals surface area contributed by atoms with Crippen molar-refractivity contribution in [3.63, 3.8) is 0 Å². The van der Waals surface area contributed by atoms with E-state index in [2.05, 4.69) is 0 Å². The molecule has 0 saturated heterocycles. The third-order valence-corrected chi connectivity index (χ3v) is 1.87. The predicted octanol–water partition coefficient (Wildman–Crippen LogP) is -0.0921. The summed E-state index contributed by atoms with van der Waals surface area (Å²) in [4.78, 5) is 11.2. The minimum atomic E-state index is -0.310. The van der Waals surface area contributed by atoms with Gasteiger partial charge in [-0.25, -0.2) is 0 Å². The molecule has 0 aromatic heterocycles. The standard InChI is InChI=1S/C7H16B2O2/c1-4-7(2,3)6(10)11-5-9-8/h9H,4-5,8H2,1-3H3. The number of esters is 1. The highest BCUT2D eigenvalue weighted by Gasteiger charge is 2.26. The predicted molar refractivity (Wildman–Crippen MR) is 50.7 cm³/mol. The third kappa shape index (κ3) is 3.49. The Morgan fingerprint density at radius 2 is 2.18 bits per heavy atom. The Labute approximate surface area is 70.3 Å². The molecule has 62 valence electrons. The van der Waals surface area contributed by atoms with Crippen LogP contribution in [-0.2, 0) is 9.53 Å². The highest BCUT2D eigenvalue weighted by atomic mass is 16.5. The maximum Gasteiger partial charge on any atom is 0.310 e. The molecular formula is C7H16B2O2. The van der Waals surface area contributed by atoms with E-state index in [1.54, 1.807) is 0 Å². The molecular weight excluding hydrogens is 138 g/mol. The Hall–Kier alpha value is -0.400. The Morgan fingerprint density at radius 1 is 1.64 bits per heavy atom. The van der Waals surface area contributed by atoms with Gasteiger partial charge in [-0.15, -0.1) is 0 Å². The number of carbonyl (C=O) groups is 1. The molecule has 0 heterocycles. The lowest BCUT2D eigenvalue weighted by Crippen LogP contribution is -2.27. The molecule has 0 spiro atoms. The molecule has 0 bridgehead atoms. The van der Waals surface area contributed by atoms with E-state index in [0.29, 0.717) is 6.51 Å². The zero-order valence-corrected chi connectivity index (χ0v) is 7.94. The monoisotopic (exact) mass is 154 g/mol. The molecule has 4 heteroatoms. The van der Waals surface area contributed by atoms with Gasteiger partial charge in [-0.1, -0.05) is 6.92 Å². The topological polar surface area (TPSA) is 26.3 Å². The zero-order chi connectivity index (χ0) is 8.91. The maximum absolute atomic E-state index is 11.2. The molecule has 0 saturated carbocycles. The molecule has 0 atom stereocenters. The minimum absolute atomic E-state index is 0.0816. The Bertz CT molecular complexity index is 134. The van der Waals surface area contributed by atoms with Gasteiger partial charge in [0.1, 0.15) is 7.17 Å². The number of hydrogen-bond acceptors (Lipinski definition) is 2. The van der Waals surface area contributed by atoms with Gasteiger partial charge in [-0.05, 0) is 20.3 Å². The Balaban J connectivity index is 3.82. The van der Waals surface area contributed by atoms with Crippen LogP contribution in [0.3, 0.4) is 0 Å². The summed E-state index contributed by atoms with van der Waals surface area (Å²) in [6.07, 6.45) is 0.829. The minimum Gasteiger partial charge on any atom is -0.475 e. The van der Waals surface area contributed by atoms with Crippen molar-refractivity contribution in [1.82, 2.24) is 0 Å². The summed E-state index contributed by atoms with van der Waals surface area (Å²) in [5.41, 5.74) is -0.310. The molecule has 0 aliphatic rings. The second kappa shape index (κ2) is 4.47. The molecule has 0 N–H and O–H groups in total. The lowest BCUT2D eigenvalue weighted by Gasteiger charge is -2.19. The zero-order valence-electron chi connectivity index (χ0n) is 7.94. The van der Waals surface area contributed by atoms with Crippen molar-refractivity contribution in [3.05, 3.63) is 0 Å². The van der Waals surface area contributed by atoms with Crippen molar-refractivity contribution in [3.8, 4) is 0 Å². The summed E-state index contributed by atoms with van der Waals surface area (Å²) < 4.78 is 5.01. The lowest BCUT2D eigenvalue weighted by molar-refractivity contribution is -0.151. The first-order chi connectivity index (χ1) is 5.04. The van der Waals surface area contributed by atoms with Crippen LogP contribution in [-0.4, -0.2) is 27.4 Å². The molecule has 0 unspecified atom stereocenters. The van der Waals surface area contributed by atoms with Gasteiger partial charge in [0.15, 0.2) is 0 Å². The van der Waals surface area contributed by atoms with E-state index in [9.17, 15) is 4.79 Å². The normalized spacial score (nSPS) is 10.8. The van der Waals surface area contributed by atoms with Crippen LogP contribution in [0.1, 0.15) is 27.2 Å². The number of ether oxygens (including phenoxy) is 1. The Kier molecular flexibility index (Phi) is 4.31. The molecule has 0 aliphatic carbocycles. The van der Waals surface area contributed by atoms with Gasteiger partial charge in [0.2, 0.25) is 0 Å². The second-order valence-corrected chi connectivity index (χ2v) is 3.37. The quantitative estimate of drug-likeness (QED) is 0.417. The lowest BCUT2D eigenvalue weighted by atomic mass is 9.57. The molecule has 0 aromatic rings. The average Bonchev–Trinajstić information content (AvgIpc) is 2.00. The summed E-state index contributed by atoms with van der Waals surface area (Å²) >= 11 is 0. The highest BCUT2D eigenvalue weighted by molar-refractivity contribution is 6.89.